The highest BCUT2D eigenvalue weighted by Gasteiger charge is 2.25. The van der Waals surface area contributed by atoms with Gasteiger partial charge in [0, 0.05) is 36.3 Å². The van der Waals surface area contributed by atoms with Crippen LogP contribution >= 0.6 is 11.8 Å². The van der Waals surface area contributed by atoms with E-state index in [0.29, 0.717) is 36.9 Å². The number of nitrogens with one attached hydrogen (secondary N) is 2. The fourth-order valence-electron chi connectivity index (χ4n) is 2.85. The number of fused-ring (bicyclic) bond motifs is 1. The molecular weight excluding hydrogens is 380 g/mol. The topological polar surface area (TPSA) is 94.5 Å². The fraction of sp³-hybridized carbons (Fsp3) is 0.421. The summed E-state index contributed by atoms with van der Waals surface area (Å²) in [5.41, 5.74) is 2.41. The van der Waals surface area contributed by atoms with Gasteiger partial charge in [0.25, 0.3) is 5.91 Å². The molecule has 0 saturated carbocycles. The molecule has 0 bridgehead atoms. The summed E-state index contributed by atoms with van der Waals surface area (Å²) in [6, 6.07) is 6.96. The van der Waals surface area contributed by atoms with Gasteiger partial charge in [0.05, 0.1) is 18.9 Å². The minimum Gasteiger partial charge on any atom is -0.494 e. The lowest BCUT2D eigenvalue weighted by Gasteiger charge is -2.12. The first-order valence-corrected chi connectivity index (χ1v) is 10.2. The monoisotopic (exact) mass is 404 g/mol. The molecule has 2 heterocycles. The molecule has 1 aliphatic rings. The predicted octanol–water partition coefficient (Wildman–Crippen LogP) is 2.04. The van der Waals surface area contributed by atoms with Gasteiger partial charge in [0.15, 0.2) is 0 Å². The Morgan fingerprint density at radius 2 is 2.04 bits per heavy atom. The highest BCUT2D eigenvalue weighted by molar-refractivity contribution is 7.98. The molecule has 150 valence electrons. The van der Waals surface area contributed by atoms with Crippen molar-refractivity contribution in [3.8, 4) is 5.75 Å². The summed E-state index contributed by atoms with van der Waals surface area (Å²) in [4.78, 5) is 24.9. The van der Waals surface area contributed by atoms with Gasteiger partial charge < -0.3 is 20.1 Å². The fourth-order valence-corrected chi connectivity index (χ4v) is 3.89. The van der Waals surface area contributed by atoms with Crippen LogP contribution in [0.4, 0.5) is 5.82 Å². The van der Waals surface area contributed by atoms with Gasteiger partial charge in [-0.2, -0.15) is 16.9 Å². The Kier molecular flexibility index (Phi) is 6.94. The van der Waals surface area contributed by atoms with Gasteiger partial charge in [0.1, 0.15) is 18.1 Å². The molecule has 8 nitrogen and oxygen atoms in total. The first kappa shape index (κ1) is 20.2. The van der Waals surface area contributed by atoms with Crippen molar-refractivity contribution in [1.29, 1.82) is 0 Å². The van der Waals surface area contributed by atoms with Crippen LogP contribution < -0.4 is 15.4 Å². The van der Waals surface area contributed by atoms with Crippen molar-refractivity contribution < 1.29 is 19.1 Å². The Hall–Kier alpha value is -2.52. The molecule has 0 radical (unpaired) electrons. The Bertz CT molecular complexity index is 835. The number of rotatable bonds is 9. The minimum absolute atomic E-state index is 0.0419. The SMILES string of the molecule is CCOc1ccc(C(=O)Nc2c3c(nn2CC(=O)NCCOC)CSC3)cc1. The molecule has 1 aliphatic heterocycles. The van der Waals surface area contributed by atoms with Gasteiger partial charge in [-0.3, -0.25) is 9.59 Å². The minimum atomic E-state index is -0.247. The van der Waals surface area contributed by atoms with Crippen molar-refractivity contribution in [3.63, 3.8) is 0 Å². The largest absolute Gasteiger partial charge is 0.494 e. The van der Waals surface area contributed by atoms with Crippen molar-refractivity contribution in [3.05, 3.63) is 41.1 Å². The standard InChI is InChI=1S/C19H24N4O4S/c1-3-27-14-6-4-13(5-7-14)19(25)21-18-15-11-28-12-16(15)22-23(18)10-17(24)20-8-9-26-2/h4-7H,3,8-12H2,1-2H3,(H,20,24)(H,21,25). The van der Waals surface area contributed by atoms with Crippen LogP contribution in [0.3, 0.4) is 0 Å². The molecule has 0 unspecified atom stereocenters. The Morgan fingerprint density at radius 1 is 1.25 bits per heavy atom. The van der Waals surface area contributed by atoms with Crippen molar-refractivity contribution in [2.24, 2.45) is 0 Å². The van der Waals surface area contributed by atoms with E-state index in [1.807, 2.05) is 6.92 Å². The van der Waals surface area contributed by atoms with Gasteiger partial charge in [-0.1, -0.05) is 0 Å². The average molecular weight is 404 g/mol. The Labute approximate surface area is 168 Å². The third kappa shape index (κ3) is 4.85. The van der Waals surface area contributed by atoms with E-state index in [9.17, 15) is 9.59 Å². The zero-order valence-electron chi connectivity index (χ0n) is 16.0. The molecule has 0 aliphatic carbocycles. The second-order valence-corrected chi connectivity index (χ2v) is 7.16. The zero-order valence-corrected chi connectivity index (χ0v) is 16.8. The van der Waals surface area contributed by atoms with Gasteiger partial charge in [-0.05, 0) is 31.2 Å². The summed E-state index contributed by atoms with van der Waals surface area (Å²) in [5, 5.41) is 10.2. The number of anilines is 1. The molecule has 1 aromatic carbocycles. The maximum atomic E-state index is 12.7. The predicted molar refractivity (Wildman–Crippen MR) is 108 cm³/mol. The summed E-state index contributed by atoms with van der Waals surface area (Å²) in [5.74, 6) is 2.42. The second kappa shape index (κ2) is 9.61. The lowest BCUT2D eigenvalue weighted by molar-refractivity contribution is -0.122. The van der Waals surface area contributed by atoms with E-state index in [1.165, 1.54) is 0 Å². The highest BCUT2D eigenvalue weighted by Crippen LogP contribution is 2.34. The zero-order chi connectivity index (χ0) is 19.9. The smallest absolute Gasteiger partial charge is 0.256 e. The van der Waals surface area contributed by atoms with Gasteiger partial charge in [0.2, 0.25) is 5.91 Å². The summed E-state index contributed by atoms with van der Waals surface area (Å²) in [6.45, 7) is 3.40. The number of nitrogens with zero attached hydrogens (tertiary/aromatic N) is 2. The van der Waals surface area contributed by atoms with Crippen LogP contribution in [0.25, 0.3) is 0 Å². The molecule has 2 N–H and O–H groups in total. The lowest BCUT2D eigenvalue weighted by Crippen LogP contribution is -2.31. The molecule has 2 amide bonds. The highest BCUT2D eigenvalue weighted by atomic mass is 32.2. The van der Waals surface area contributed by atoms with E-state index >= 15 is 0 Å². The lowest BCUT2D eigenvalue weighted by atomic mass is 10.2. The van der Waals surface area contributed by atoms with Gasteiger partial charge in [-0.25, -0.2) is 4.68 Å². The van der Waals surface area contributed by atoms with Crippen LogP contribution in [0.5, 0.6) is 5.75 Å². The summed E-state index contributed by atoms with van der Waals surface area (Å²) in [7, 11) is 1.58. The van der Waals surface area contributed by atoms with Gasteiger partial charge in [-0.15, -0.1) is 0 Å². The molecule has 9 heteroatoms. The maximum absolute atomic E-state index is 12.7. The molecule has 3 rings (SSSR count). The molecule has 2 aromatic rings. The molecular formula is C19H24N4O4S. The molecule has 1 aromatic heterocycles. The number of hydrogen-bond donors (Lipinski definition) is 2. The van der Waals surface area contributed by atoms with Crippen LogP contribution in [0, 0.1) is 0 Å². The average Bonchev–Trinajstić information content (AvgIpc) is 3.25. The molecule has 28 heavy (non-hydrogen) atoms. The van der Waals surface area contributed by atoms with Crippen LogP contribution in [0.15, 0.2) is 24.3 Å². The van der Waals surface area contributed by atoms with E-state index in [1.54, 1.807) is 47.8 Å². The Balaban J connectivity index is 1.73. The Morgan fingerprint density at radius 3 is 2.75 bits per heavy atom. The quantitative estimate of drug-likeness (QED) is 0.621. The van der Waals surface area contributed by atoms with Gasteiger partial charge >= 0.3 is 0 Å². The number of thioether (sulfide) groups is 1. The normalized spacial score (nSPS) is 12.5. The molecule has 0 saturated heterocycles. The molecule has 0 atom stereocenters. The number of carbonyl (C=O) groups excluding carboxylic acids is 2. The van der Waals surface area contributed by atoms with Crippen LogP contribution in [0.1, 0.15) is 28.5 Å². The van der Waals surface area contributed by atoms with E-state index in [0.717, 1.165) is 22.8 Å². The van der Waals surface area contributed by atoms with Crippen LogP contribution in [-0.4, -0.2) is 48.5 Å². The molecule has 0 spiro atoms. The summed E-state index contributed by atoms with van der Waals surface area (Å²) < 4.78 is 11.9. The first-order chi connectivity index (χ1) is 13.6. The number of ether oxygens (including phenoxy) is 2. The van der Waals surface area contributed by atoms with E-state index in [2.05, 4.69) is 15.7 Å². The summed E-state index contributed by atoms with van der Waals surface area (Å²) in [6.07, 6.45) is 0. The van der Waals surface area contributed by atoms with Crippen molar-refractivity contribution in [2.75, 3.05) is 32.2 Å². The third-order valence-electron chi connectivity index (χ3n) is 4.20. The molecule has 0 fully saturated rings. The first-order valence-electron chi connectivity index (χ1n) is 9.08. The number of benzene rings is 1. The number of carbonyl (C=O) groups is 2. The number of hydrogen-bond acceptors (Lipinski definition) is 6. The summed E-state index contributed by atoms with van der Waals surface area (Å²) >= 11 is 1.74. The van der Waals surface area contributed by atoms with Crippen molar-refractivity contribution >= 4 is 29.4 Å². The van der Waals surface area contributed by atoms with E-state index < -0.39 is 0 Å². The van der Waals surface area contributed by atoms with Crippen molar-refractivity contribution in [1.82, 2.24) is 15.1 Å². The number of amides is 2. The maximum Gasteiger partial charge on any atom is 0.256 e. The second-order valence-electron chi connectivity index (χ2n) is 6.18. The van der Waals surface area contributed by atoms with E-state index in [4.69, 9.17) is 9.47 Å². The van der Waals surface area contributed by atoms with E-state index in [-0.39, 0.29) is 18.4 Å². The van der Waals surface area contributed by atoms with Crippen LogP contribution in [0.2, 0.25) is 0 Å². The van der Waals surface area contributed by atoms with Crippen molar-refractivity contribution in [2.45, 2.75) is 25.0 Å². The van der Waals surface area contributed by atoms with Crippen LogP contribution in [-0.2, 0) is 27.6 Å². The number of aromatic nitrogens is 2. The third-order valence-corrected chi connectivity index (χ3v) is 5.17. The number of methoxy groups -OCH3 is 1.